The second-order valence-corrected chi connectivity index (χ2v) is 14.8. The smallest absolute Gasteiger partial charge is 0.126 e. The Morgan fingerprint density at radius 1 is 0.762 bits per heavy atom. The molecule has 0 saturated carbocycles. The molecule has 0 aliphatic rings. The number of hydrogen-bond acceptors (Lipinski definition) is 0. The van der Waals surface area contributed by atoms with Gasteiger partial charge in [0.2, 0.25) is 0 Å². The molecular formula is C17H29Cl3Si. The monoisotopic (exact) mass is 366 g/mol. The number of unbranched alkanes of at least 4 members (excludes halogenated alkanes) is 7. The summed E-state index contributed by atoms with van der Waals surface area (Å²) in [5.74, 6) is 0. The van der Waals surface area contributed by atoms with Gasteiger partial charge in [0.25, 0.3) is 0 Å². The fourth-order valence-electron chi connectivity index (χ4n) is 1.99. The predicted octanol–water partition coefficient (Wildman–Crippen LogP) is 7.78. The van der Waals surface area contributed by atoms with Gasteiger partial charge in [-0.15, -0.1) is 33.2 Å². The summed E-state index contributed by atoms with van der Waals surface area (Å²) in [6.45, 7) is 4.33. The van der Waals surface area contributed by atoms with Gasteiger partial charge in [-0.05, 0) is 13.0 Å². The van der Waals surface area contributed by atoms with Gasteiger partial charge in [0.15, 0.2) is 0 Å². The molecule has 0 aliphatic heterocycles. The second kappa shape index (κ2) is 13.9. The van der Waals surface area contributed by atoms with Gasteiger partial charge in [-0.3, -0.25) is 0 Å². The Kier molecular flexibility index (Phi) is 14.1. The fraction of sp³-hybridized carbons (Fsp3) is 0.647. The van der Waals surface area contributed by atoms with E-state index in [-0.39, 0.29) is 0 Å². The molecule has 0 fully saturated rings. The molecule has 0 unspecified atom stereocenters. The lowest BCUT2D eigenvalue weighted by Crippen LogP contribution is -2.07. The van der Waals surface area contributed by atoms with E-state index in [4.69, 9.17) is 33.2 Å². The summed E-state index contributed by atoms with van der Waals surface area (Å²) in [6, 6.07) is 8.77. The van der Waals surface area contributed by atoms with Crippen molar-refractivity contribution in [2.24, 2.45) is 0 Å². The van der Waals surface area contributed by atoms with Gasteiger partial charge in [0, 0.05) is 0 Å². The molecule has 0 spiro atoms. The lowest BCUT2D eigenvalue weighted by atomic mass is 10.1. The minimum Gasteiger partial charge on any atom is -0.126 e. The summed E-state index contributed by atoms with van der Waals surface area (Å²) in [7, 11) is 0. The first-order chi connectivity index (χ1) is 9.95. The molecular weight excluding hydrogens is 339 g/mol. The molecule has 21 heavy (non-hydrogen) atoms. The first-order valence-corrected chi connectivity index (χ1v) is 13.3. The lowest BCUT2D eigenvalue weighted by molar-refractivity contribution is 0.585. The van der Waals surface area contributed by atoms with Crippen molar-refractivity contribution >= 4 is 39.2 Å². The summed E-state index contributed by atoms with van der Waals surface area (Å²) < 4.78 is 0. The van der Waals surface area contributed by atoms with Crippen LogP contribution in [0.3, 0.4) is 0 Å². The van der Waals surface area contributed by atoms with Crippen LogP contribution in [-0.4, -0.2) is 6.00 Å². The van der Waals surface area contributed by atoms with Crippen LogP contribution in [0.15, 0.2) is 30.3 Å². The molecule has 0 heterocycles. The van der Waals surface area contributed by atoms with Crippen molar-refractivity contribution in [1.82, 2.24) is 0 Å². The van der Waals surface area contributed by atoms with Gasteiger partial charge in [0.1, 0.15) is 0 Å². The van der Waals surface area contributed by atoms with Gasteiger partial charge < -0.3 is 0 Å². The van der Waals surface area contributed by atoms with Crippen LogP contribution in [0.25, 0.3) is 0 Å². The highest BCUT2D eigenvalue weighted by Crippen LogP contribution is 2.27. The molecule has 0 N–H and O–H groups in total. The third-order valence-electron chi connectivity index (χ3n) is 3.25. The standard InChI is InChI=1S/C10H21Cl3Si.C7H8/c1-2-3-4-5-6-7-8-9-10-14(11,12)13;1-7-5-3-2-4-6-7/h2-10H2,1H3;2-6H,1H3. The van der Waals surface area contributed by atoms with Crippen molar-refractivity contribution in [3.05, 3.63) is 35.9 Å². The first kappa shape index (κ1) is 21.3. The summed E-state index contributed by atoms with van der Waals surface area (Å²) >= 11 is 17.4. The van der Waals surface area contributed by atoms with Crippen LogP contribution in [0, 0.1) is 6.92 Å². The molecule has 4 heteroatoms. The number of halogens is 3. The molecule has 1 aromatic carbocycles. The molecule has 0 nitrogen and oxygen atoms in total. The number of hydrogen-bond donors (Lipinski definition) is 0. The quantitative estimate of drug-likeness (QED) is 0.237. The summed E-state index contributed by atoms with van der Waals surface area (Å²) in [4.78, 5) is 0. The molecule has 122 valence electrons. The Morgan fingerprint density at radius 2 is 1.24 bits per heavy atom. The highest BCUT2D eigenvalue weighted by molar-refractivity contribution is 7.64. The SMILES string of the molecule is CCCCCCCCCC[Si](Cl)(Cl)Cl.Cc1ccccc1. The molecule has 0 radical (unpaired) electrons. The average molecular weight is 368 g/mol. The Bertz CT molecular complexity index is 323. The van der Waals surface area contributed by atoms with Crippen LogP contribution in [-0.2, 0) is 0 Å². The predicted molar refractivity (Wildman–Crippen MR) is 102 cm³/mol. The van der Waals surface area contributed by atoms with E-state index < -0.39 is 6.00 Å². The fourth-order valence-corrected chi connectivity index (χ4v) is 3.85. The number of rotatable bonds is 9. The van der Waals surface area contributed by atoms with Crippen LogP contribution in [0.2, 0.25) is 6.04 Å². The Morgan fingerprint density at radius 3 is 1.62 bits per heavy atom. The molecule has 0 saturated heterocycles. The van der Waals surface area contributed by atoms with Gasteiger partial charge in [-0.2, -0.15) is 0 Å². The Balaban J connectivity index is 0.000000471. The van der Waals surface area contributed by atoms with Crippen LogP contribution in [0.1, 0.15) is 63.9 Å². The minimum atomic E-state index is -2.32. The Labute approximate surface area is 146 Å². The van der Waals surface area contributed by atoms with E-state index >= 15 is 0 Å². The maximum absolute atomic E-state index is 5.78. The van der Waals surface area contributed by atoms with Crippen LogP contribution in [0.4, 0.5) is 0 Å². The minimum absolute atomic E-state index is 0.826. The van der Waals surface area contributed by atoms with Gasteiger partial charge >= 0.3 is 6.00 Å². The summed E-state index contributed by atoms with van der Waals surface area (Å²) in [5.41, 5.74) is 1.32. The number of benzene rings is 1. The van der Waals surface area contributed by atoms with Crippen molar-refractivity contribution < 1.29 is 0 Å². The molecule has 0 atom stereocenters. The van der Waals surface area contributed by atoms with Crippen molar-refractivity contribution in [3.63, 3.8) is 0 Å². The third-order valence-corrected chi connectivity index (χ3v) is 5.88. The highest BCUT2D eigenvalue weighted by Gasteiger charge is 2.23. The van der Waals surface area contributed by atoms with Crippen LogP contribution < -0.4 is 0 Å². The maximum atomic E-state index is 5.78. The largest absolute Gasteiger partial charge is 0.341 e. The van der Waals surface area contributed by atoms with Crippen molar-refractivity contribution in [2.45, 2.75) is 71.3 Å². The summed E-state index contributed by atoms with van der Waals surface area (Å²) in [5, 5.41) is 0. The zero-order chi connectivity index (χ0) is 16.0. The van der Waals surface area contributed by atoms with E-state index in [0.29, 0.717) is 0 Å². The van der Waals surface area contributed by atoms with Gasteiger partial charge in [-0.25, -0.2) is 0 Å². The number of aryl methyl sites for hydroxylation is 1. The topological polar surface area (TPSA) is 0 Å². The second-order valence-electron chi connectivity index (χ2n) is 5.49. The lowest BCUT2D eigenvalue weighted by Gasteiger charge is -2.06. The molecule has 1 aromatic rings. The van der Waals surface area contributed by atoms with Gasteiger partial charge in [0.05, 0.1) is 0 Å². The molecule has 0 amide bonds. The molecule has 1 rings (SSSR count). The zero-order valence-corrected chi connectivity index (χ0v) is 16.7. The van der Waals surface area contributed by atoms with E-state index in [1.807, 2.05) is 18.2 Å². The molecule has 0 bridgehead atoms. The van der Waals surface area contributed by atoms with E-state index in [0.717, 1.165) is 12.5 Å². The Hall–Kier alpha value is 0.307. The van der Waals surface area contributed by atoms with Crippen LogP contribution >= 0.6 is 33.2 Å². The third kappa shape index (κ3) is 18.3. The molecule has 0 aromatic heterocycles. The van der Waals surface area contributed by atoms with E-state index in [2.05, 4.69) is 26.0 Å². The molecule has 0 aliphatic carbocycles. The van der Waals surface area contributed by atoms with Crippen molar-refractivity contribution in [1.29, 1.82) is 0 Å². The highest BCUT2D eigenvalue weighted by atomic mass is 35.8. The zero-order valence-electron chi connectivity index (χ0n) is 13.4. The first-order valence-electron chi connectivity index (χ1n) is 8.04. The van der Waals surface area contributed by atoms with E-state index in [1.165, 1.54) is 50.5 Å². The van der Waals surface area contributed by atoms with Crippen molar-refractivity contribution in [3.8, 4) is 0 Å². The van der Waals surface area contributed by atoms with Crippen molar-refractivity contribution in [2.75, 3.05) is 0 Å². The maximum Gasteiger partial charge on any atom is 0.341 e. The summed E-state index contributed by atoms with van der Waals surface area (Å²) in [6.07, 6.45) is 10.4. The van der Waals surface area contributed by atoms with E-state index in [9.17, 15) is 0 Å². The van der Waals surface area contributed by atoms with Gasteiger partial charge in [-0.1, -0.05) is 94.2 Å². The average Bonchev–Trinajstić information content (AvgIpc) is 2.42. The van der Waals surface area contributed by atoms with Crippen LogP contribution in [0.5, 0.6) is 0 Å². The van der Waals surface area contributed by atoms with E-state index in [1.54, 1.807) is 0 Å². The normalized spacial score (nSPS) is 10.9.